The number of morpholine rings is 1. The van der Waals surface area contributed by atoms with E-state index < -0.39 is 0 Å². The van der Waals surface area contributed by atoms with Gasteiger partial charge in [-0.3, -0.25) is 4.79 Å². The number of esters is 1. The number of ether oxygens (including phenoxy) is 2. The van der Waals surface area contributed by atoms with Gasteiger partial charge in [-0.05, 0) is 25.7 Å². The summed E-state index contributed by atoms with van der Waals surface area (Å²) in [5.41, 5.74) is 0. The van der Waals surface area contributed by atoms with Gasteiger partial charge in [-0.25, -0.2) is 0 Å². The molecule has 2 rings (SSSR count). The third-order valence-electron chi connectivity index (χ3n) is 3.26. The van der Waals surface area contributed by atoms with E-state index in [-0.39, 0.29) is 18.1 Å². The molecule has 1 saturated carbocycles. The number of hydrogen-bond donors (Lipinski definition) is 1. The molecular weight excluding hydrogens is 206 g/mol. The zero-order chi connectivity index (χ0) is 11.2. The topological polar surface area (TPSA) is 47.6 Å². The third-order valence-corrected chi connectivity index (χ3v) is 3.26. The molecule has 2 fully saturated rings. The van der Waals surface area contributed by atoms with Crippen molar-refractivity contribution < 1.29 is 14.3 Å². The van der Waals surface area contributed by atoms with Gasteiger partial charge in [0.25, 0.3) is 0 Å². The van der Waals surface area contributed by atoms with Crippen LogP contribution in [0, 0.1) is 0 Å². The van der Waals surface area contributed by atoms with Crippen molar-refractivity contribution in [2.75, 3.05) is 19.8 Å². The molecule has 0 aromatic carbocycles. The SMILES string of the molecule is O=C(CC1COCCN1)OC1CCCCC1. The number of carbonyl (C=O) groups is 1. The summed E-state index contributed by atoms with van der Waals surface area (Å²) in [6, 6.07) is 0.143. The first kappa shape index (κ1) is 11.9. The molecule has 0 spiro atoms. The molecule has 92 valence electrons. The van der Waals surface area contributed by atoms with Crippen molar-refractivity contribution >= 4 is 5.97 Å². The minimum atomic E-state index is -0.0742. The van der Waals surface area contributed by atoms with Crippen LogP contribution in [0.15, 0.2) is 0 Å². The number of carbonyl (C=O) groups excluding carboxylic acids is 1. The zero-order valence-corrected chi connectivity index (χ0v) is 9.74. The molecule has 16 heavy (non-hydrogen) atoms. The van der Waals surface area contributed by atoms with Crippen LogP contribution in [0.1, 0.15) is 38.5 Å². The molecule has 0 radical (unpaired) electrons. The van der Waals surface area contributed by atoms with Crippen LogP contribution in [0.3, 0.4) is 0 Å². The Labute approximate surface area is 96.7 Å². The van der Waals surface area contributed by atoms with Crippen LogP contribution in [0.5, 0.6) is 0 Å². The van der Waals surface area contributed by atoms with Crippen molar-refractivity contribution in [3.63, 3.8) is 0 Å². The predicted octanol–water partition coefficient (Wildman–Crippen LogP) is 1.24. The molecule has 1 unspecified atom stereocenters. The van der Waals surface area contributed by atoms with E-state index in [2.05, 4.69) is 5.32 Å². The highest BCUT2D eigenvalue weighted by Crippen LogP contribution is 2.20. The Morgan fingerprint density at radius 2 is 2.12 bits per heavy atom. The van der Waals surface area contributed by atoms with E-state index in [4.69, 9.17) is 9.47 Å². The molecule has 1 aliphatic heterocycles. The largest absolute Gasteiger partial charge is 0.462 e. The molecular formula is C12H21NO3. The summed E-state index contributed by atoms with van der Waals surface area (Å²) in [4.78, 5) is 11.7. The lowest BCUT2D eigenvalue weighted by Crippen LogP contribution is -2.43. The molecule has 0 aromatic rings. The Morgan fingerprint density at radius 3 is 2.81 bits per heavy atom. The molecule has 1 saturated heterocycles. The van der Waals surface area contributed by atoms with E-state index in [1.165, 1.54) is 19.3 Å². The minimum Gasteiger partial charge on any atom is -0.462 e. The van der Waals surface area contributed by atoms with Crippen LogP contribution in [0.25, 0.3) is 0 Å². The highest BCUT2D eigenvalue weighted by atomic mass is 16.5. The van der Waals surface area contributed by atoms with Gasteiger partial charge in [-0.15, -0.1) is 0 Å². The fourth-order valence-electron chi connectivity index (χ4n) is 2.37. The minimum absolute atomic E-state index is 0.0742. The van der Waals surface area contributed by atoms with Crippen molar-refractivity contribution in [3.8, 4) is 0 Å². The first-order chi connectivity index (χ1) is 7.84. The van der Waals surface area contributed by atoms with Crippen molar-refractivity contribution in [3.05, 3.63) is 0 Å². The highest BCUT2D eigenvalue weighted by Gasteiger charge is 2.21. The van der Waals surface area contributed by atoms with Gasteiger partial charge in [0.05, 0.1) is 19.6 Å². The number of rotatable bonds is 3. The van der Waals surface area contributed by atoms with Gasteiger partial charge < -0.3 is 14.8 Å². The predicted molar refractivity (Wildman–Crippen MR) is 60.2 cm³/mol. The molecule has 1 N–H and O–H groups in total. The summed E-state index contributed by atoms with van der Waals surface area (Å²) in [6.45, 7) is 2.20. The first-order valence-corrected chi connectivity index (χ1v) is 6.35. The smallest absolute Gasteiger partial charge is 0.307 e. The van der Waals surface area contributed by atoms with Crippen LogP contribution < -0.4 is 5.32 Å². The monoisotopic (exact) mass is 227 g/mol. The van der Waals surface area contributed by atoms with Gasteiger partial charge in [0.15, 0.2) is 0 Å². The zero-order valence-electron chi connectivity index (χ0n) is 9.74. The Bertz CT molecular complexity index is 198. The van der Waals surface area contributed by atoms with E-state index in [9.17, 15) is 4.79 Å². The van der Waals surface area contributed by atoms with Crippen LogP contribution in [0.2, 0.25) is 0 Å². The standard InChI is InChI=1S/C12H21NO3/c14-12(8-10-9-15-7-6-13-10)16-11-4-2-1-3-5-11/h10-11,13H,1-9H2. The summed E-state index contributed by atoms with van der Waals surface area (Å²) < 4.78 is 10.8. The van der Waals surface area contributed by atoms with E-state index >= 15 is 0 Å². The van der Waals surface area contributed by atoms with Crippen molar-refractivity contribution in [2.24, 2.45) is 0 Å². The number of hydrogen-bond acceptors (Lipinski definition) is 4. The molecule has 1 aliphatic carbocycles. The maximum Gasteiger partial charge on any atom is 0.307 e. The fraction of sp³-hybridized carbons (Fsp3) is 0.917. The second kappa shape index (κ2) is 6.21. The van der Waals surface area contributed by atoms with Crippen molar-refractivity contribution in [1.29, 1.82) is 0 Å². The van der Waals surface area contributed by atoms with E-state index in [0.717, 1.165) is 26.0 Å². The lowest BCUT2D eigenvalue weighted by molar-refractivity contribution is -0.151. The summed E-state index contributed by atoms with van der Waals surface area (Å²) in [6.07, 6.45) is 6.38. The number of nitrogens with one attached hydrogen (secondary N) is 1. The van der Waals surface area contributed by atoms with Gasteiger partial charge >= 0.3 is 5.97 Å². The first-order valence-electron chi connectivity index (χ1n) is 6.35. The molecule has 2 aliphatic rings. The third kappa shape index (κ3) is 3.76. The Kier molecular flexibility index (Phi) is 4.60. The van der Waals surface area contributed by atoms with Crippen LogP contribution in [-0.2, 0) is 14.3 Å². The van der Waals surface area contributed by atoms with Gasteiger partial charge in [0, 0.05) is 12.6 Å². The molecule has 0 aromatic heterocycles. The van der Waals surface area contributed by atoms with Crippen molar-refractivity contribution in [2.45, 2.75) is 50.7 Å². The molecule has 1 heterocycles. The van der Waals surface area contributed by atoms with Gasteiger partial charge in [-0.2, -0.15) is 0 Å². The van der Waals surface area contributed by atoms with Crippen LogP contribution in [0.4, 0.5) is 0 Å². The molecule has 4 heteroatoms. The highest BCUT2D eigenvalue weighted by molar-refractivity contribution is 5.70. The Morgan fingerprint density at radius 1 is 1.31 bits per heavy atom. The fourth-order valence-corrected chi connectivity index (χ4v) is 2.37. The average molecular weight is 227 g/mol. The van der Waals surface area contributed by atoms with Crippen molar-refractivity contribution in [1.82, 2.24) is 5.32 Å². The lowest BCUT2D eigenvalue weighted by atomic mass is 9.98. The van der Waals surface area contributed by atoms with Crippen LogP contribution >= 0.6 is 0 Å². The maximum atomic E-state index is 11.7. The molecule has 1 atom stereocenters. The quantitative estimate of drug-likeness (QED) is 0.737. The van der Waals surface area contributed by atoms with E-state index in [1.54, 1.807) is 0 Å². The van der Waals surface area contributed by atoms with Gasteiger partial charge in [0.1, 0.15) is 6.10 Å². The Balaban J connectivity index is 1.66. The summed E-state index contributed by atoms with van der Waals surface area (Å²) in [5.74, 6) is -0.0742. The van der Waals surface area contributed by atoms with Gasteiger partial charge in [-0.1, -0.05) is 6.42 Å². The molecule has 4 nitrogen and oxygen atoms in total. The molecule has 0 bridgehead atoms. The molecule has 0 amide bonds. The summed E-state index contributed by atoms with van der Waals surface area (Å²) in [7, 11) is 0. The average Bonchev–Trinajstić information content (AvgIpc) is 2.31. The van der Waals surface area contributed by atoms with E-state index in [1.807, 2.05) is 0 Å². The normalized spacial score (nSPS) is 27.6. The summed E-state index contributed by atoms with van der Waals surface area (Å²) in [5, 5.41) is 3.26. The second-order valence-corrected chi connectivity index (χ2v) is 4.68. The van der Waals surface area contributed by atoms with E-state index in [0.29, 0.717) is 13.0 Å². The second-order valence-electron chi connectivity index (χ2n) is 4.68. The maximum absolute atomic E-state index is 11.7. The lowest BCUT2D eigenvalue weighted by Gasteiger charge is -2.25. The van der Waals surface area contributed by atoms with Crippen LogP contribution in [-0.4, -0.2) is 37.9 Å². The van der Waals surface area contributed by atoms with Gasteiger partial charge in [0.2, 0.25) is 0 Å². The summed E-state index contributed by atoms with van der Waals surface area (Å²) >= 11 is 0. The Hall–Kier alpha value is -0.610.